The highest BCUT2D eigenvalue weighted by molar-refractivity contribution is 5.87. The Hall–Kier alpha value is -1.06. The number of hydrogen-bond donors (Lipinski definition) is 1. The van der Waals surface area contributed by atoms with Crippen LogP contribution >= 0.6 is 0 Å². The molecule has 1 N–H and O–H groups in total. The number of amides is 1. The number of nitrogens with one attached hydrogen (secondary N) is 1. The summed E-state index contributed by atoms with van der Waals surface area (Å²) in [6.07, 6.45) is 0. The Morgan fingerprint density at radius 1 is 1.17 bits per heavy atom. The van der Waals surface area contributed by atoms with Crippen LogP contribution in [-0.4, -0.2) is 37.0 Å². The highest BCUT2D eigenvalue weighted by Crippen LogP contribution is 2.25. The first kappa shape index (κ1) is 15.0. The molecule has 1 amide bonds. The second-order valence-corrected chi connectivity index (χ2v) is 5.03. The van der Waals surface area contributed by atoms with E-state index in [2.05, 4.69) is 5.32 Å². The Balaban J connectivity index is 0.00000162. The summed E-state index contributed by atoms with van der Waals surface area (Å²) in [4.78, 5) is 14.5. The van der Waals surface area contributed by atoms with Crippen LogP contribution in [0.4, 0.5) is 0 Å². The molecule has 0 aromatic heterocycles. The van der Waals surface area contributed by atoms with E-state index in [1.165, 1.54) is 0 Å². The summed E-state index contributed by atoms with van der Waals surface area (Å²) in [5.41, 5.74) is 0.655. The molecule has 0 atom stereocenters. The van der Waals surface area contributed by atoms with Gasteiger partial charge >= 0.3 is 0 Å². The molecule has 100 valence electrons. The van der Waals surface area contributed by atoms with Crippen molar-refractivity contribution in [1.29, 1.82) is 0 Å². The molecule has 2 rings (SSSR count). The second-order valence-electron chi connectivity index (χ2n) is 5.03. The zero-order valence-corrected chi connectivity index (χ0v) is 11.7. The van der Waals surface area contributed by atoms with E-state index in [1.54, 1.807) is 0 Å². The molecule has 4 heteroatoms. The SMILES string of the molecule is CC(C)(C(=O)N1CCNCC1)c1ccccc1.[Cl-]. The first-order chi connectivity index (χ1) is 8.12. The normalized spacial score (nSPS) is 16.0. The summed E-state index contributed by atoms with van der Waals surface area (Å²) in [5, 5.41) is 3.27. The summed E-state index contributed by atoms with van der Waals surface area (Å²) < 4.78 is 0. The largest absolute Gasteiger partial charge is 1.00 e. The van der Waals surface area contributed by atoms with E-state index in [4.69, 9.17) is 0 Å². The lowest BCUT2D eigenvalue weighted by atomic mass is 9.83. The number of carbonyl (C=O) groups is 1. The number of hydrogen-bond acceptors (Lipinski definition) is 2. The van der Waals surface area contributed by atoms with Crippen molar-refractivity contribution in [3.05, 3.63) is 35.9 Å². The topological polar surface area (TPSA) is 32.3 Å². The fourth-order valence-electron chi connectivity index (χ4n) is 2.24. The van der Waals surface area contributed by atoms with Crippen molar-refractivity contribution in [2.45, 2.75) is 19.3 Å². The quantitative estimate of drug-likeness (QED) is 0.700. The fourth-order valence-corrected chi connectivity index (χ4v) is 2.24. The highest BCUT2D eigenvalue weighted by atomic mass is 35.5. The molecule has 1 heterocycles. The van der Waals surface area contributed by atoms with Crippen molar-refractivity contribution in [3.8, 4) is 0 Å². The van der Waals surface area contributed by atoms with E-state index in [-0.39, 0.29) is 18.3 Å². The van der Waals surface area contributed by atoms with Gasteiger partial charge < -0.3 is 22.6 Å². The molecular formula is C14H20ClN2O-. The van der Waals surface area contributed by atoms with Gasteiger partial charge in [-0.05, 0) is 19.4 Å². The van der Waals surface area contributed by atoms with Crippen LogP contribution in [0.1, 0.15) is 19.4 Å². The van der Waals surface area contributed by atoms with Gasteiger partial charge in [-0.25, -0.2) is 0 Å². The van der Waals surface area contributed by atoms with Crippen LogP contribution in [0.15, 0.2) is 30.3 Å². The van der Waals surface area contributed by atoms with Crippen molar-refractivity contribution in [2.24, 2.45) is 0 Å². The highest BCUT2D eigenvalue weighted by Gasteiger charge is 2.33. The third kappa shape index (κ3) is 3.03. The summed E-state index contributed by atoms with van der Waals surface area (Å²) in [5.74, 6) is 0.227. The van der Waals surface area contributed by atoms with Crippen LogP contribution in [0.2, 0.25) is 0 Å². The molecular weight excluding hydrogens is 248 g/mol. The van der Waals surface area contributed by atoms with E-state index >= 15 is 0 Å². The summed E-state index contributed by atoms with van der Waals surface area (Å²) >= 11 is 0. The maximum atomic E-state index is 12.5. The zero-order valence-electron chi connectivity index (χ0n) is 10.9. The van der Waals surface area contributed by atoms with Gasteiger partial charge in [0.25, 0.3) is 0 Å². The molecule has 0 unspecified atom stereocenters. The third-order valence-electron chi connectivity index (χ3n) is 3.43. The lowest BCUT2D eigenvalue weighted by Gasteiger charge is -2.34. The van der Waals surface area contributed by atoms with Crippen LogP contribution in [0.5, 0.6) is 0 Å². The minimum Gasteiger partial charge on any atom is -1.00 e. The molecule has 0 radical (unpaired) electrons. The predicted octanol–water partition coefficient (Wildman–Crippen LogP) is -1.60. The van der Waals surface area contributed by atoms with Gasteiger partial charge in [0, 0.05) is 26.2 Å². The Bertz CT molecular complexity index is 386. The fraction of sp³-hybridized carbons (Fsp3) is 0.500. The molecule has 1 aliphatic heterocycles. The monoisotopic (exact) mass is 267 g/mol. The van der Waals surface area contributed by atoms with E-state index in [0.29, 0.717) is 0 Å². The number of benzene rings is 1. The van der Waals surface area contributed by atoms with Gasteiger partial charge in [0.15, 0.2) is 0 Å². The van der Waals surface area contributed by atoms with E-state index in [0.717, 1.165) is 31.7 Å². The van der Waals surface area contributed by atoms with Crippen LogP contribution in [0.25, 0.3) is 0 Å². The first-order valence-electron chi connectivity index (χ1n) is 6.18. The van der Waals surface area contributed by atoms with Crippen molar-refractivity contribution in [3.63, 3.8) is 0 Å². The summed E-state index contributed by atoms with van der Waals surface area (Å²) in [6, 6.07) is 10.0. The number of piperazine rings is 1. The standard InChI is InChI=1S/C14H20N2O.ClH/c1-14(2,12-6-4-3-5-7-12)13(17)16-10-8-15-9-11-16;/h3-7,15H,8-11H2,1-2H3;1H/p-1. The van der Waals surface area contributed by atoms with Gasteiger partial charge in [-0.15, -0.1) is 0 Å². The number of rotatable bonds is 2. The molecule has 1 aromatic rings. The Kier molecular flexibility index (Phi) is 5.17. The molecule has 18 heavy (non-hydrogen) atoms. The number of carbonyl (C=O) groups excluding carboxylic acids is 1. The molecule has 3 nitrogen and oxygen atoms in total. The minimum absolute atomic E-state index is 0. The van der Waals surface area contributed by atoms with E-state index < -0.39 is 5.41 Å². The van der Waals surface area contributed by atoms with Gasteiger partial charge in [0.1, 0.15) is 0 Å². The molecule has 1 fully saturated rings. The Morgan fingerprint density at radius 2 is 1.72 bits per heavy atom. The van der Waals surface area contributed by atoms with Crippen LogP contribution in [0, 0.1) is 0 Å². The maximum absolute atomic E-state index is 12.5. The van der Waals surface area contributed by atoms with Gasteiger partial charge in [-0.3, -0.25) is 4.79 Å². The zero-order chi connectivity index (χ0) is 12.3. The summed E-state index contributed by atoms with van der Waals surface area (Å²) in [6.45, 7) is 7.44. The smallest absolute Gasteiger partial charge is 0.232 e. The molecule has 0 bridgehead atoms. The molecule has 1 saturated heterocycles. The van der Waals surface area contributed by atoms with Gasteiger partial charge in [-0.1, -0.05) is 30.3 Å². The van der Waals surface area contributed by atoms with Gasteiger partial charge in [-0.2, -0.15) is 0 Å². The van der Waals surface area contributed by atoms with Crippen LogP contribution in [-0.2, 0) is 10.2 Å². The second kappa shape index (κ2) is 6.21. The van der Waals surface area contributed by atoms with E-state index in [1.807, 2.05) is 49.1 Å². The Labute approximate surface area is 115 Å². The Morgan fingerprint density at radius 3 is 2.28 bits per heavy atom. The first-order valence-corrected chi connectivity index (χ1v) is 6.18. The molecule has 0 spiro atoms. The van der Waals surface area contributed by atoms with Gasteiger partial charge in [0.2, 0.25) is 5.91 Å². The van der Waals surface area contributed by atoms with Crippen molar-refractivity contribution in [1.82, 2.24) is 10.2 Å². The molecule has 0 aliphatic carbocycles. The van der Waals surface area contributed by atoms with Crippen molar-refractivity contribution < 1.29 is 17.2 Å². The average molecular weight is 268 g/mol. The lowest BCUT2D eigenvalue weighted by Crippen LogP contribution is -3.00. The third-order valence-corrected chi connectivity index (χ3v) is 3.43. The van der Waals surface area contributed by atoms with Crippen LogP contribution < -0.4 is 17.7 Å². The van der Waals surface area contributed by atoms with Crippen LogP contribution in [0.3, 0.4) is 0 Å². The molecule has 1 aliphatic rings. The molecule has 0 saturated carbocycles. The van der Waals surface area contributed by atoms with E-state index in [9.17, 15) is 4.79 Å². The average Bonchev–Trinajstić information content (AvgIpc) is 2.40. The van der Waals surface area contributed by atoms with Gasteiger partial charge in [0.05, 0.1) is 5.41 Å². The minimum atomic E-state index is -0.432. The maximum Gasteiger partial charge on any atom is 0.232 e. The van der Waals surface area contributed by atoms with Crippen molar-refractivity contribution >= 4 is 5.91 Å². The number of halogens is 1. The lowest BCUT2D eigenvalue weighted by molar-refractivity contribution is -0.136. The summed E-state index contributed by atoms with van der Waals surface area (Å²) in [7, 11) is 0. The predicted molar refractivity (Wildman–Crippen MR) is 68.9 cm³/mol. The number of nitrogens with zero attached hydrogens (tertiary/aromatic N) is 1. The van der Waals surface area contributed by atoms with Crippen molar-refractivity contribution in [2.75, 3.05) is 26.2 Å². The molecule has 1 aromatic carbocycles.